The third-order valence-electron chi connectivity index (χ3n) is 6.29. The number of hydrogen-bond acceptors (Lipinski definition) is 8. The number of benzene rings is 2. The largest absolute Gasteiger partial charge is 0.327 e. The normalized spacial score (nSPS) is 23.0. The van der Waals surface area contributed by atoms with E-state index < -0.39 is 70.6 Å². The molecular weight excluding hydrogens is 535 g/mol. The SMILES string of the molecule is CC(C)(C)C1C(=O)C(C2=Nc3ccc(NS(C)(=O)=O)cc3S(=O)(=O)C2C#N)C(=O)N1Cc1ccc(F)cc1. The van der Waals surface area contributed by atoms with Crippen LogP contribution in [0.15, 0.2) is 52.4 Å². The Labute approximate surface area is 220 Å². The molecule has 1 N–H and O–H groups in total. The number of anilines is 1. The van der Waals surface area contributed by atoms with Crippen molar-refractivity contribution < 1.29 is 30.8 Å². The van der Waals surface area contributed by atoms with Crippen LogP contribution in [0.3, 0.4) is 0 Å². The standard InChI is InChI=1S/C25H25FN4O6S2/c1-25(2,3)23-22(31)20(24(32)30(23)13-14-5-7-15(26)8-6-14)21-19(12-27)38(35,36)18-11-16(29-37(4,33)34)9-10-17(18)28-21/h5-11,19-20,23,29H,13H2,1-4H3. The Bertz CT molecular complexity index is 1620. The number of sulfone groups is 1. The zero-order chi connectivity index (χ0) is 28.2. The second-order valence-corrected chi connectivity index (χ2v) is 14.1. The Hall–Kier alpha value is -3.63. The maximum absolute atomic E-state index is 13.7. The summed E-state index contributed by atoms with van der Waals surface area (Å²) in [5, 5.41) is 7.93. The van der Waals surface area contributed by atoms with Gasteiger partial charge in [0.2, 0.25) is 25.8 Å². The van der Waals surface area contributed by atoms with Gasteiger partial charge in [-0.15, -0.1) is 0 Å². The van der Waals surface area contributed by atoms with Crippen molar-refractivity contribution in [1.29, 1.82) is 5.26 Å². The summed E-state index contributed by atoms with van der Waals surface area (Å²) in [5.74, 6) is -3.36. The van der Waals surface area contributed by atoms with Crippen molar-refractivity contribution in [2.45, 2.75) is 43.5 Å². The number of nitrogens with zero attached hydrogens (tertiary/aromatic N) is 3. The fourth-order valence-corrected chi connectivity index (χ4v) is 6.95. The minimum atomic E-state index is -4.47. The van der Waals surface area contributed by atoms with Gasteiger partial charge in [-0.2, -0.15) is 5.26 Å². The first kappa shape index (κ1) is 27.4. The van der Waals surface area contributed by atoms with Crippen molar-refractivity contribution in [3.8, 4) is 6.07 Å². The Balaban J connectivity index is 1.83. The number of aliphatic imine (C=N–C) groups is 1. The molecule has 2 aliphatic rings. The van der Waals surface area contributed by atoms with Crippen LogP contribution in [0.2, 0.25) is 0 Å². The summed E-state index contributed by atoms with van der Waals surface area (Å²) in [7, 11) is -8.18. The van der Waals surface area contributed by atoms with Crippen LogP contribution in [0, 0.1) is 28.5 Å². The Morgan fingerprint density at radius 3 is 2.32 bits per heavy atom. The predicted octanol–water partition coefficient (Wildman–Crippen LogP) is 2.59. The number of fused-ring (bicyclic) bond motifs is 1. The van der Waals surface area contributed by atoms with Gasteiger partial charge in [0.15, 0.2) is 11.0 Å². The number of carbonyl (C=O) groups is 2. The van der Waals surface area contributed by atoms with Crippen LogP contribution in [-0.4, -0.2) is 56.7 Å². The number of ketones is 1. The lowest BCUT2D eigenvalue weighted by Gasteiger charge is -2.33. The molecule has 1 saturated heterocycles. The summed E-state index contributed by atoms with van der Waals surface area (Å²) in [5.41, 5.74) is -0.739. The van der Waals surface area contributed by atoms with Crippen LogP contribution in [-0.2, 0) is 36.0 Å². The second-order valence-electron chi connectivity index (χ2n) is 10.3. The van der Waals surface area contributed by atoms with Crippen LogP contribution in [0.25, 0.3) is 0 Å². The van der Waals surface area contributed by atoms with E-state index in [1.54, 1.807) is 26.8 Å². The molecule has 0 saturated carbocycles. The van der Waals surface area contributed by atoms with Gasteiger partial charge in [0.05, 0.1) is 34.7 Å². The molecule has 2 aliphatic heterocycles. The van der Waals surface area contributed by atoms with E-state index in [1.165, 1.54) is 41.3 Å². The lowest BCUT2D eigenvalue weighted by atomic mass is 9.81. The van der Waals surface area contributed by atoms with Crippen LogP contribution < -0.4 is 4.72 Å². The van der Waals surface area contributed by atoms with Gasteiger partial charge in [-0.3, -0.25) is 19.3 Å². The van der Waals surface area contributed by atoms with Gasteiger partial charge in [0, 0.05) is 12.2 Å². The fourth-order valence-electron chi connectivity index (χ4n) is 4.80. The first-order valence-electron chi connectivity index (χ1n) is 11.5. The van der Waals surface area contributed by atoms with Gasteiger partial charge in [-0.05, 0) is 41.3 Å². The first-order chi connectivity index (χ1) is 17.5. The lowest BCUT2D eigenvalue weighted by molar-refractivity contribution is -0.132. The van der Waals surface area contributed by atoms with Gasteiger partial charge in [-0.25, -0.2) is 21.2 Å². The van der Waals surface area contributed by atoms with E-state index in [0.29, 0.717) is 5.56 Å². The molecule has 2 aromatic rings. The molecule has 200 valence electrons. The highest BCUT2D eigenvalue weighted by Crippen LogP contribution is 2.41. The van der Waals surface area contributed by atoms with Gasteiger partial charge in [0.1, 0.15) is 11.7 Å². The summed E-state index contributed by atoms with van der Waals surface area (Å²) < 4.78 is 65.7. The third kappa shape index (κ3) is 4.93. The second kappa shape index (κ2) is 9.28. The Morgan fingerprint density at radius 2 is 1.76 bits per heavy atom. The molecule has 0 bridgehead atoms. The zero-order valence-electron chi connectivity index (χ0n) is 21.0. The highest BCUT2D eigenvalue weighted by atomic mass is 32.2. The number of halogens is 1. The molecule has 1 amide bonds. The molecule has 0 spiro atoms. The quantitative estimate of drug-likeness (QED) is 0.551. The molecule has 38 heavy (non-hydrogen) atoms. The number of rotatable bonds is 5. The maximum atomic E-state index is 13.7. The number of carbonyl (C=O) groups excluding carboxylic acids is 2. The monoisotopic (exact) mass is 560 g/mol. The molecule has 0 aliphatic carbocycles. The van der Waals surface area contributed by atoms with Gasteiger partial charge in [-0.1, -0.05) is 32.9 Å². The van der Waals surface area contributed by atoms with Crippen LogP contribution in [0.1, 0.15) is 26.3 Å². The topological polar surface area (TPSA) is 154 Å². The Kier molecular flexibility index (Phi) is 6.70. The van der Waals surface area contributed by atoms with Crippen molar-refractivity contribution in [2.75, 3.05) is 11.0 Å². The van der Waals surface area contributed by atoms with E-state index in [9.17, 15) is 36.1 Å². The molecule has 2 aromatic carbocycles. The minimum Gasteiger partial charge on any atom is -0.327 e. The molecule has 0 radical (unpaired) electrons. The molecule has 2 heterocycles. The van der Waals surface area contributed by atoms with E-state index in [0.717, 1.165) is 12.3 Å². The van der Waals surface area contributed by atoms with Crippen LogP contribution >= 0.6 is 0 Å². The number of Topliss-reactive ketones (excluding diaryl/α,β-unsaturated/α-hetero) is 1. The average Bonchev–Trinajstić information content (AvgIpc) is 3.03. The van der Waals surface area contributed by atoms with Crippen molar-refractivity contribution in [3.05, 3.63) is 53.8 Å². The van der Waals surface area contributed by atoms with E-state index in [-0.39, 0.29) is 17.9 Å². The van der Waals surface area contributed by atoms with Crippen molar-refractivity contribution in [2.24, 2.45) is 16.3 Å². The van der Waals surface area contributed by atoms with Crippen LogP contribution in [0.4, 0.5) is 15.8 Å². The summed E-state index contributed by atoms with van der Waals surface area (Å²) in [6, 6.07) is 9.73. The number of nitriles is 1. The number of sulfonamides is 1. The van der Waals surface area contributed by atoms with Gasteiger partial charge in [0.25, 0.3) is 0 Å². The first-order valence-corrected chi connectivity index (χ1v) is 14.9. The fraction of sp³-hybridized carbons (Fsp3) is 0.360. The number of likely N-dealkylation sites (tertiary alicyclic amines) is 1. The molecule has 4 rings (SSSR count). The molecule has 3 atom stereocenters. The summed E-state index contributed by atoms with van der Waals surface area (Å²) in [4.78, 5) is 32.7. The predicted molar refractivity (Wildman–Crippen MR) is 137 cm³/mol. The summed E-state index contributed by atoms with van der Waals surface area (Å²) in [6.07, 6.45) is 0.899. The molecule has 10 nitrogen and oxygen atoms in total. The minimum absolute atomic E-state index is 0.0301. The summed E-state index contributed by atoms with van der Waals surface area (Å²) in [6.45, 7) is 5.25. The number of hydrogen-bond donors (Lipinski definition) is 1. The van der Waals surface area contributed by atoms with E-state index in [1.807, 2.05) is 0 Å². The maximum Gasteiger partial charge on any atom is 0.240 e. The molecule has 13 heteroatoms. The smallest absolute Gasteiger partial charge is 0.240 e. The van der Waals surface area contributed by atoms with Crippen molar-refractivity contribution in [3.63, 3.8) is 0 Å². The van der Waals surface area contributed by atoms with E-state index in [4.69, 9.17) is 0 Å². The molecule has 0 aromatic heterocycles. The third-order valence-corrected chi connectivity index (χ3v) is 8.81. The van der Waals surface area contributed by atoms with Crippen LogP contribution in [0.5, 0.6) is 0 Å². The Morgan fingerprint density at radius 1 is 1.13 bits per heavy atom. The number of amides is 1. The highest BCUT2D eigenvalue weighted by molar-refractivity contribution is 7.93. The van der Waals surface area contributed by atoms with E-state index >= 15 is 0 Å². The molecular formula is C25H25FN4O6S2. The molecule has 1 fully saturated rings. The van der Waals surface area contributed by atoms with Crippen molar-refractivity contribution in [1.82, 2.24) is 4.90 Å². The van der Waals surface area contributed by atoms with Gasteiger partial charge < -0.3 is 4.90 Å². The summed E-state index contributed by atoms with van der Waals surface area (Å²) >= 11 is 0. The van der Waals surface area contributed by atoms with Gasteiger partial charge >= 0.3 is 0 Å². The van der Waals surface area contributed by atoms with Crippen molar-refractivity contribution >= 4 is 48.6 Å². The lowest BCUT2D eigenvalue weighted by Crippen LogP contribution is -2.44. The highest BCUT2D eigenvalue weighted by Gasteiger charge is 2.57. The zero-order valence-corrected chi connectivity index (χ0v) is 22.6. The molecule has 3 unspecified atom stereocenters. The number of nitrogens with one attached hydrogen (secondary N) is 1. The average molecular weight is 561 g/mol. The van der Waals surface area contributed by atoms with E-state index in [2.05, 4.69) is 9.71 Å².